The molecule has 1 aromatic heterocycles. The largest absolute Gasteiger partial charge is 0.503 e. The van der Waals surface area contributed by atoms with Gasteiger partial charge in [0.15, 0.2) is 5.75 Å². The fourth-order valence-electron chi connectivity index (χ4n) is 3.01. The van der Waals surface area contributed by atoms with E-state index < -0.39 is 0 Å². The van der Waals surface area contributed by atoms with Crippen LogP contribution in [0.15, 0.2) is 47.4 Å². The van der Waals surface area contributed by atoms with E-state index >= 15 is 0 Å². The van der Waals surface area contributed by atoms with Gasteiger partial charge in [0, 0.05) is 24.8 Å². The lowest BCUT2D eigenvalue weighted by molar-refractivity contribution is 0.215. The van der Waals surface area contributed by atoms with Crippen molar-refractivity contribution < 1.29 is 5.11 Å². The molecule has 0 unspecified atom stereocenters. The number of likely N-dealkylation sites (tertiary alicyclic amines) is 1. The maximum Gasteiger partial charge on any atom is 0.223 e. The third kappa shape index (κ3) is 3.57. The molecule has 1 aromatic carbocycles. The highest BCUT2D eigenvalue weighted by molar-refractivity contribution is 5.23. The van der Waals surface area contributed by atoms with Gasteiger partial charge in [-0.15, -0.1) is 0 Å². The zero-order valence-corrected chi connectivity index (χ0v) is 12.7. The smallest absolute Gasteiger partial charge is 0.223 e. The second-order valence-electron chi connectivity index (χ2n) is 5.96. The molecule has 0 bridgehead atoms. The van der Waals surface area contributed by atoms with Crippen molar-refractivity contribution in [2.24, 2.45) is 0 Å². The number of piperidine rings is 1. The van der Waals surface area contributed by atoms with Gasteiger partial charge in [0.25, 0.3) is 0 Å². The van der Waals surface area contributed by atoms with Gasteiger partial charge >= 0.3 is 0 Å². The molecule has 0 saturated carbocycles. The van der Waals surface area contributed by atoms with Crippen molar-refractivity contribution >= 4 is 0 Å². The van der Waals surface area contributed by atoms with Crippen LogP contribution in [0.2, 0.25) is 0 Å². The molecule has 4 nitrogen and oxygen atoms in total. The monoisotopic (exact) mass is 298 g/mol. The third-order valence-electron chi connectivity index (χ3n) is 4.23. The lowest BCUT2D eigenvalue weighted by Crippen LogP contribution is -2.31. The lowest BCUT2D eigenvalue weighted by Gasteiger charge is -2.27. The molecule has 1 saturated heterocycles. The fraction of sp³-hybridized carbons (Fsp3) is 0.389. The van der Waals surface area contributed by atoms with Crippen LogP contribution in [0, 0.1) is 0 Å². The van der Waals surface area contributed by atoms with Gasteiger partial charge < -0.3 is 9.67 Å². The van der Waals surface area contributed by atoms with Crippen LogP contribution < -0.4 is 5.43 Å². The molecular weight excluding hydrogens is 276 g/mol. The molecule has 2 heterocycles. The fourth-order valence-corrected chi connectivity index (χ4v) is 3.01. The summed E-state index contributed by atoms with van der Waals surface area (Å²) in [6.45, 7) is 3.60. The number of aromatic nitrogens is 1. The highest BCUT2D eigenvalue weighted by Crippen LogP contribution is 2.15. The molecule has 2 aromatic rings. The van der Waals surface area contributed by atoms with Crippen LogP contribution >= 0.6 is 0 Å². The zero-order chi connectivity index (χ0) is 15.4. The minimum atomic E-state index is -0.295. The van der Waals surface area contributed by atoms with E-state index in [2.05, 4.69) is 17.0 Å². The Hall–Kier alpha value is -2.07. The van der Waals surface area contributed by atoms with E-state index in [0.29, 0.717) is 6.54 Å². The minimum Gasteiger partial charge on any atom is -0.503 e. The first-order valence-electron chi connectivity index (χ1n) is 7.91. The van der Waals surface area contributed by atoms with Crippen LogP contribution in [0.5, 0.6) is 5.75 Å². The average molecular weight is 298 g/mol. The van der Waals surface area contributed by atoms with Crippen molar-refractivity contribution in [3.05, 3.63) is 64.1 Å². The number of pyridine rings is 1. The maximum atomic E-state index is 11.8. The van der Waals surface area contributed by atoms with Crippen molar-refractivity contribution in [1.82, 2.24) is 9.47 Å². The molecule has 22 heavy (non-hydrogen) atoms. The first-order chi connectivity index (χ1) is 10.7. The summed E-state index contributed by atoms with van der Waals surface area (Å²) in [6.07, 6.45) is 5.31. The Morgan fingerprint density at radius 1 is 1.00 bits per heavy atom. The summed E-state index contributed by atoms with van der Waals surface area (Å²) in [4.78, 5) is 14.2. The molecule has 1 aliphatic heterocycles. The predicted octanol–water partition coefficient (Wildman–Crippen LogP) is 2.59. The SMILES string of the molecule is O=c1cc(CN2CCCCC2)n(Cc2ccccc2)cc1O. The molecule has 1 fully saturated rings. The van der Waals surface area contributed by atoms with E-state index in [9.17, 15) is 9.90 Å². The predicted molar refractivity (Wildman–Crippen MR) is 87.0 cm³/mol. The van der Waals surface area contributed by atoms with E-state index in [0.717, 1.165) is 30.9 Å². The highest BCUT2D eigenvalue weighted by atomic mass is 16.3. The van der Waals surface area contributed by atoms with Gasteiger partial charge in [-0.2, -0.15) is 0 Å². The normalized spacial score (nSPS) is 15.8. The molecule has 0 atom stereocenters. The quantitative estimate of drug-likeness (QED) is 0.943. The van der Waals surface area contributed by atoms with E-state index in [1.807, 2.05) is 22.8 Å². The number of hydrogen-bond donors (Lipinski definition) is 1. The number of aromatic hydroxyl groups is 1. The third-order valence-corrected chi connectivity index (χ3v) is 4.23. The number of benzene rings is 1. The lowest BCUT2D eigenvalue weighted by atomic mass is 10.1. The van der Waals surface area contributed by atoms with Gasteiger partial charge in [-0.3, -0.25) is 9.69 Å². The van der Waals surface area contributed by atoms with Crippen molar-refractivity contribution in [2.45, 2.75) is 32.4 Å². The molecule has 3 rings (SSSR count). The van der Waals surface area contributed by atoms with E-state index in [1.165, 1.54) is 19.3 Å². The minimum absolute atomic E-state index is 0.182. The standard InChI is InChI=1S/C18H22N2O2/c21-17-11-16(13-19-9-5-2-6-10-19)20(14-18(17)22)12-15-7-3-1-4-8-15/h1,3-4,7-8,11,14,22H,2,5-6,9-10,12-13H2. The van der Waals surface area contributed by atoms with Crippen LogP contribution in [0.4, 0.5) is 0 Å². The zero-order valence-electron chi connectivity index (χ0n) is 12.7. The first kappa shape index (κ1) is 14.9. The Morgan fingerprint density at radius 3 is 2.45 bits per heavy atom. The molecule has 0 spiro atoms. The van der Waals surface area contributed by atoms with Crippen molar-refractivity contribution in [1.29, 1.82) is 0 Å². The maximum absolute atomic E-state index is 11.8. The summed E-state index contributed by atoms with van der Waals surface area (Å²) in [5.41, 5.74) is 1.83. The van der Waals surface area contributed by atoms with E-state index in [1.54, 1.807) is 12.3 Å². The van der Waals surface area contributed by atoms with Gasteiger partial charge in [-0.25, -0.2) is 0 Å². The number of rotatable bonds is 4. The molecule has 0 radical (unpaired) electrons. The van der Waals surface area contributed by atoms with Gasteiger partial charge in [-0.05, 0) is 31.5 Å². The van der Waals surface area contributed by atoms with Crippen molar-refractivity contribution in [3.63, 3.8) is 0 Å². The van der Waals surface area contributed by atoms with Gasteiger partial charge in [0.05, 0.1) is 6.20 Å². The van der Waals surface area contributed by atoms with Gasteiger partial charge in [0.2, 0.25) is 5.43 Å². The average Bonchev–Trinajstić information content (AvgIpc) is 2.54. The van der Waals surface area contributed by atoms with Crippen LogP contribution in [0.25, 0.3) is 0 Å². The summed E-state index contributed by atoms with van der Waals surface area (Å²) < 4.78 is 1.99. The molecule has 0 amide bonds. The highest BCUT2D eigenvalue weighted by Gasteiger charge is 2.14. The second kappa shape index (κ2) is 6.79. The molecule has 0 aliphatic carbocycles. The van der Waals surface area contributed by atoms with Crippen molar-refractivity contribution in [3.8, 4) is 5.75 Å². The summed E-state index contributed by atoms with van der Waals surface area (Å²) >= 11 is 0. The number of hydrogen-bond acceptors (Lipinski definition) is 3. The summed E-state index contributed by atoms with van der Waals surface area (Å²) in [5, 5.41) is 9.76. The van der Waals surface area contributed by atoms with E-state index in [-0.39, 0.29) is 11.2 Å². The van der Waals surface area contributed by atoms with Crippen LogP contribution in [-0.2, 0) is 13.1 Å². The molecule has 116 valence electrons. The summed E-state index contributed by atoms with van der Waals surface area (Å²) in [5.74, 6) is -0.182. The number of nitrogens with zero attached hydrogens (tertiary/aromatic N) is 2. The van der Waals surface area contributed by atoms with Gasteiger partial charge in [-0.1, -0.05) is 36.8 Å². The summed E-state index contributed by atoms with van der Waals surface area (Å²) in [6, 6.07) is 11.7. The topological polar surface area (TPSA) is 45.5 Å². The molecular formula is C18H22N2O2. The Balaban J connectivity index is 1.86. The Kier molecular flexibility index (Phi) is 4.59. The second-order valence-corrected chi connectivity index (χ2v) is 5.96. The molecule has 1 aliphatic rings. The first-order valence-corrected chi connectivity index (χ1v) is 7.91. The molecule has 1 N–H and O–H groups in total. The van der Waals surface area contributed by atoms with Crippen LogP contribution in [0.1, 0.15) is 30.5 Å². The Labute approximate surface area is 130 Å². The summed E-state index contributed by atoms with van der Waals surface area (Å²) in [7, 11) is 0. The molecule has 4 heteroatoms. The van der Waals surface area contributed by atoms with Crippen molar-refractivity contribution in [2.75, 3.05) is 13.1 Å². The van der Waals surface area contributed by atoms with Gasteiger partial charge in [0.1, 0.15) is 0 Å². The Bertz CT molecular complexity index is 673. The van der Waals surface area contributed by atoms with E-state index in [4.69, 9.17) is 0 Å². The Morgan fingerprint density at radius 2 is 1.73 bits per heavy atom. The van der Waals surface area contributed by atoms with Crippen LogP contribution in [-0.4, -0.2) is 27.7 Å². The van der Waals surface area contributed by atoms with Crippen LogP contribution in [0.3, 0.4) is 0 Å².